The monoisotopic (exact) mass is 321 g/mol. The fraction of sp³-hybridized carbons (Fsp3) is 0.375. The molecule has 0 N–H and O–H groups in total. The number of carbonyl (C=O) groups excluding carboxylic acids is 2. The lowest BCUT2D eigenvalue weighted by Crippen LogP contribution is -2.36. The van der Waals surface area contributed by atoms with Crippen molar-refractivity contribution in [2.75, 3.05) is 14.2 Å². The van der Waals surface area contributed by atoms with Crippen LogP contribution in [0.5, 0.6) is 11.5 Å². The Morgan fingerprint density at radius 2 is 1.91 bits per heavy atom. The fourth-order valence-corrected chi connectivity index (χ4v) is 3.07. The second kappa shape index (κ2) is 6.87. The molecule has 0 radical (unpaired) electrons. The number of nitrogens with zero attached hydrogens (tertiary/aromatic N) is 1. The van der Waals surface area contributed by atoms with Crippen LogP contribution >= 0.6 is 11.8 Å². The molecule has 0 unspecified atom stereocenters. The van der Waals surface area contributed by atoms with Crippen molar-refractivity contribution in [3.8, 4) is 11.5 Å². The van der Waals surface area contributed by atoms with Crippen LogP contribution < -0.4 is 9.47 Å². The summed E-state index contributed by atoms with van der Waals surface area (Å²) in [6.07, 6.45) is 2.44. The van der Waals surface area contributed by atoms with E-state index in [1.54, 1.807) is 32.4 Å². The molecule has 1 aliphatic heterocycles. The van der Waals surface area contributed by atoms with Crippen LogP contribution in [0.1, 0.15) is 25.8 Å². The minimum atomic E-state index is -0.237. The highest BCUT2D eigenvalue weighted by atomic mass is 32.2. The molecule has 1 heterocycles. The Balaban J connectivity index is 2.31. The molecule has 5 nitrogen and oxygen atoms in total. The van der Waals surface area contributed by atoms with Crippen molar-refractivity contribution < 1.29 is 19.1 Å². The molecule has 1 atom stereocenters. The summed E-state index contributed by atoms with van der Waals surface area (Å²) >= 11 is 0.970. The average molecular weight is 321 g/mol. The highest BCUT2D eigenvalue weighted by Gasteiger charge is 2.37. The molecule has 6 heteroatoms. The van der Waals surface area contributed by atoms with Gasteiger partial charge < -0.3 is 9.47 Å². The highest BCUT2D eigenvalue weighted by molar-refractivity contribution is 8.18. The lowest BCUT2D eigenvalue weighted by atomic mass is 10.1. The number of benzene rings is 1. The number of methoxy groups -OCH3 is 2. The van der Waals surface area contributed by atoms with Gasteiger partial charge in [0.15, 0.2) is 11.5 Å². The second-order valence-electron chi connectivity index (χ2n) is 4.92. The predicted molar refractivity (Wildman–Crippen MR) is 87.1 cm³/mol. The summed E-state index contributed by atoms with van der Waals surface area (Å²) in [5.41, 5.74) is 0.785. The van der Waals surface area contributed by atoms with Gasteiger partial charge in [-0.05, 0) is 48.9 Å². The van der Waals surface area contributed by atoms with Crippen molar-refractivity contribution in [3.63, 3.8) is 0 Å². The highest BCUT2D eigenvalue weighted by Crippen LogP contribution is 2.35. The van der Waals surface area contributed by atoms with Crippen LogP contribution in [0, 0.1) is 0 Å². The van der Waals surface area contributed by atoms with Crippen LogP contribution in [-0.4, -0.2) is 36.3 Å². The maximum absolute atomic E-state index is 12.4. The Hall–Kier alpha value is -1.95. The molecule has 2 amide bonds. The normalized spacial score (nSPS) is 18.0. The zero-order valence-electron chi connectivity index (χ0n) is 13.1. The van der Waals surface area contributed by atoms with Gasteiger partial charge in [-0.25, -0.2) is 0 Å². The summed E-state index contributed by atoms with van der Waals surface area (Å²) in [5.74, 6) is 0.962. The molecule has 22 heavy (non-hydrogen) atoms. The first kappa shape index (κ1) is 16.4. The topological polar surface area (TPSA) is 55.8 Å². The number of carbonyl (C=O) groups is 2. The summed E-state index contributed by atoms with van der Waals surface area (Å²) in [7, 11) is 3.12. The molecule has 1 aliphatic rings. The van der Waals surface area contributed by atoms with Gasteiger partial charge >= 0.3 is 0 Å². The lowest BCUT2D eigenvalue weighted by Gasteiger charge is -2.19. The van der Waals surface area contributed by atoms with E-state index in [4.69, 9.17) is 9.47 Å². The van der Waals surface area contributed by atoms with Gasteiger partial charge in [0.25, 0.3) is 11.1 Å². The van der Waals surface area contributed by atoms with Crippen LogP contribution in [0.3, 0.4) is 0 Å². The van der Waals surface area contributed by atoms with Gasteiger partial charge in [-0.3, -0.25) is 14.5 Å². The third-order valence-electron chi connectivity index (χ3n) is 3.56. The van der Waals surface area contributed by atoms with Gasteiger partial charge in [0.05, 0.1) is 19.1 Å². The van der Waals surface area contributed by atoms with Gasteiger partial charge in [-0.1, -0.05) is 13.0 Å². The van der Waals surface area contributed by atoms with Crippen LogP contribution in [-0.2, 0) is 4.79 Å². The van der Waals surface area contributed by atoms with E-state index in [2.05, 4.69) is 0 Å². The first-order valence-electron chi connectivity index (χ1n) is 7.00. The van der Waals surface area contributed by atoms with Crippen LogP contribution in [0.4, 0.5) is 4.79 Å². The van der Waals surface area contributed by atoms with Gasteiger partial charge in [-0.2, -0.15) is 0 Å². The average Bonchev–Trinajstić information content (AvgIpc) is 2.80. The first-order valence-corrected chi connectivity index (χ1v) is 7.82. The fourth-order valence-electron chi connectivity index (χ4n) is 2.14. The number of ether oxygens (including phenoxy) is 2. The summed E-state index contributed by atoms with van der Waals surface area (Å²) in [5, 5.41) is -0.217. The molecule has 2 rings (SSSR count). The minimum absolute atomic E-state index is 0.0937. The lowest BCUT2D eigenvalue weighted by molar-refractivity contribution is -0.124. The van der Waals surface area contributed by atoms with Crippen LogP contribution in [0.25, 0.3) is 6.08 Å². The molecule has 0 bridgehead atoms. The summed E-state index contributed by atoms with van der Waals surface area (Å²) in [4.78, 5) is 26.1. The molecule has 0 spiro atoms. The van der Waals surface area contributed by atoms with E-state index in [1.165, 1.54) is 4.90 Å². The molecule has 1 aromatic carbocycles. The van der Waals surface area contributed by atoms with Crippen LogP contribution in [0.15, 0.2) is 23.1 Å². The molecule has 1 saturated heterocycles. The quantitative estimate of drug-likeness (QED) is 0.776. The molecule has 0 aliphatic carbocycles. The molecule has 1 fully saturated rings. The predicted octanol–water partition coefficient (Wildman–Crippen LogP) is 3.54. The zero-order valence-corrected chi connectivity index (χ0v) is 13.9. The zero-order chi connectivity index (χ0) is 16.3. The Bertz CT molecular complexity index is 627. The minimum Gasteiger partial charge on any atom is -0.493 e. The smallest absolute Gasteiger partial charge is 0.293 e. The first-order chi connectivity index (χ1) is 10.5. The second-order valence-corrected chi connectivity index (χ2v) is 5.92. The van der Waals surface area contributed by atoms with Crippen molar-refractivity contribution in [3.05, 3.63) is 28.7 Å². The summed E-state index contributed by atoms with van der Waals surface area (Å²) in [6, 6.07) is 5.27. The largest absolute Gasteiger partial charge is 0.493 e. The van der Waals surface area contributed by atoms with Gasteiger partial charge in [0.1, 0.15) is 0 Å². The number of amides is 2. The van der Waals surface area contributed by atoms with Gasteiger partial charge in [0.2, 0.25) is 0 Å². The number of rotatable bonds is 5. The Morgan fingerprint density at radius 1 is 1.23 bits per heavy atom. The van der Waals surface area contributed by atoms with Gasteiger partial charge in [-0.15, -0.1) is 0 Å². The molecule has 118 valence electrons. The SMILES string of the molecule is CC[C@H](C)N1C(=O)S/C(=C\c2ccc(OC)c(OC)c2)C1=O. The number of hydrogen-bond donors (Lipinski definition) is 0. The number of thioether (sulfide) groups is 1. The Kier molecular flexibility index (Phi) is 5.13. The third-order valence-corrected chi connectivity index (χ3v) is 4.44. The summed E-state index contributed by atoms with van der Waals surface area (Å²) in [6.45, 7) is 3.82. The van der Waals surface area contributed by atoms with E-state index < -0.39 is 0 Å². The van der Waals surface area contributed by atoms with E-state index in [1.807, 2.05) is 19.9 Å². The van der Waals surface area contributed by atoms with E-state index in [-0.39, 0.29) is 17.2 Å². The Morgan fingerprint density at radius 3 is 2.50 bits per heavy atom. The molecule has 1 aromatic rings. The Labute approximate surface area is 134 Å². The van der Waals surface area contributed by atoms with E-state index >= 15 is 0 Å². The van der Waals surface area contributed by atoms with E-state index in [9.17, 15) is 9.59 Å². The molecule has 0 saturated carbocycles. The molecular weight excluding hydrogens is 302 g/mol. The van der Waals surface area contributed by atoms with E-state index in [0.29, 0.717) is 16.4 Å². The van der Waals surface area contributed by atoms with Crippen molar-refractivity contribution in [1.29, 1.82) is 0 Å². The molecule has 0 aromatic heterocycles. The third kappa shape index (κ3) is 3.11. The maximum atomic E-state index is 12.4. The molecular formula is C16H19NO4S. The van der Waals surface area contributed by atoms with Gasteiger partial charge in [0, 0.05) is 6.04 Å². The number of imide groups is 1. The van der Waals surface area contributed by atoms with E-state index in [0.717, 1.165) is 23.7 Å². The van der Waals surface area contributed by atoms with Crippen molar-refractivity contribution in [2.45, 2.75) is 26.3 Å². The standard InChI is InChI=1S/C16H19NO4S/c1-5-10(2)17-15(18)14(22-16(17)19)9-11-6-7-12(20-3)13(8-11)21-4/h6-10H,5H2,1-4H3/b14-9-/t10-/m0/s1. The van der Waals surface area contributed by atoms with Crippen LogP contribution in [0.2, 0.25) is 0 Å². The number of hydrogen-bond acceptors (Lipinski definition) is 5. The summed E-state index contributed by atoms with van der Waals surface area (Å²) < 4.78 is 10.4. The van der Waals surface area contributed by atoms with Crippen molar-refractivity contribution in [1.82, 2.24) is 4.90 Å². The maximum Gasteiger partial charge on any atom is 0.293 e. The van der Waals surface area contributed by atoms with Crippen molar-refractivity contribution in [2.24, 2.45) is 0 Å². The van der Waals surface area contributed by atoms with Crippen molar-refractivity contribution >= 4 is 29.0 Å².